The molecular weight excluding hydrogens is 298 g/mol. The molecule has 0 saturated carbocycles. The number of imidazole rings is 1. The lowest BCUT2D eigenvalue weighted by atomic mass is 10.1. The van der Waals surface area contributed by atoms with Gasteiger partial charge in [-0.25, -0.2) is 9.97 Å². The number of aryl methyl sites for hydroxylation is 1. The van der Waals surface area contributed by atoms with Gasteiger partial charge in [-0.1, -0.05) is 6.07 Å². The van der Waals surface area contributed by atoms with Crippen molar-refractivity contribution in [3.05, 3.63) is 60.6 Å². The van der Waals surface area contributed by atoms with Gasteiger partial charge in [0.1, 0.15) is 5.69 Å². The molecule has 0 saturated heterocycles. The average molecular weight is 311 g/mol. The number of aromatic nitrogens is 5. The maximum atomic E-state index is 4.82. The molecule has 4 aromatic heterocycles. The summed E-state index contributed by atoms with van der Waals surface area (Å²) in [6.07, 6.45) is 3.58. The molecule has 5 rings (SSSR count). The van der Waals surface area contributed by atoms with E-state index in [-0.39, 0.29) is 0 Å². The fraction of sp³-hybridized carbons (Fsp3) is 0.0526. The van der Waals surface area contributed by atoms with E-state index in [0.29, 0.717) is 0 Å². The number of benzene rings is 1. The fourth-order valence-electron chi connectivity index (χ4n) is 3.14. The van der Waals surface area contributed by atoms with Gasteiger partial charge in [0.2, 0.25) is 0 Å². The highest BCUT2D eigenvalue weighted by Gasteiger charge is 2.15. The molecule has 0 spiro atoms. The predicted molar refractivity (Wildman–Crippen MR) is 94.7 cm³/mol. The smallest absolute Gasteiger partial charge is 0.157 e. The lowest BCUT2D eigenvalue weighted by Crippen LogP contribution is -1.87. The normalized spacial score (nSPS) is 11.5. The summed E-state index contributed by atoms with van der Waals surface area (Å²) in [4.78, 5) is 21.9. The largest absolute Gasteiger partial charge is 0.336 e. The van der Waals surface area contributed by atoms with Crippen LogP contribution in [0.1, 0.15) is 5.69 Å². The number of hydrogen-bond acceptors (Lipinski definition) is 4. The van der Waals surface area contributed by atoms with Crippen molar-refractivity contribution in [2.24, 2.45) is 0 Å². The van der Waals surface area contributed by atoms with Crippen molar-refractivity contribution in [3.8, 4) is 11.5 Å². The molecule has 5 heteroatoms. The van der Waals surface area contributed by atoms with Crippen molar-refractivity contribution in [1.29, 1.82) is 0 Å². The Kier molecular flexibility index (Phi) is 2.64. The standard InChI is InChI=1S/C19H13N5/c1-11-5-2-8-14(22-11)19-23-17-12-6-3-9-20-15(12)16-13(18(17)24-19)7-4-10-21-16/h2-10H,1H3,(H,23,24). The second-order valence-corrected chi connectivity index (χ2v) is 5.77. The summed E-state index contributed by atoms with van der Waals surface area (Å²) >= 11 is 0. The highest BCUT2D eigenvalue weighted by Crippen LogP contribution is 2.32. The summed E-state index contributed by atoms with van der Waals surface area (Å²) in [5, 5.41) is 2.01. The molecule has 0 radical (unpaired) electrons. The average Bonchev–Trinajstić information content (AvgIpc) is 3.08. The zero-order chi connectivity index (χ0) is 16.1. The first-order chi connectivity index (χ1) is 11.8. The molecule has 0 bridgehead atoms. The molecule has 0 aliphatic heterocycles. The zero-order valence-corrected chi connectivity index (χ0v) is 13.0. The fourth-order valence-corrected chi connectivity index (χ4v) is 3.14. The topological polar surface area (TPSA) is 67.3 Å². The Balaban J connectivity index is 1.95. The summed E-state index contributed by atoms with van der Waals surface area (Å²) in [5.41, 5.74) is 5.42. The Hall–Kier alpha value is -3.34. The van der Waals surface area contributed by atoms with Crippen LogP contribution in [-0.4, -0.2) is 24.9 Å². The monoisotopic (exact) mass is 311 g/mol. The molecule has 24 heavy (non-hydrogen) atoms. The molecule has 1 aromatic carbocycles. The van der Waals surface area contributed by atoms with Crippen molar-refractivity contribution in [1.82, 2.24) is 24.9 Å². The number of hydrogen-bond donors (Lipinski definition) is 1. The number of fused-ring (bicyclic) bond motifs is 6. The second kappa shape index (κ2) is 4.83. The first kappa shape index (κ1) is 13.1. The minimum atomic E-state index is 0.759. The Morgan fingerprint density at radius 2 is 1.50 bits per heavy atom. The Morgan fingerprint density at radius 1 is 0.750 bits per heavy atom. The van der Waals surface area contributed by atoms with E-state index in [1.165, 1.54) is 0 Å². The van der Waals surface area contributed by atoms with Crippen LogP contribution in [0.25, 0.3) is 44.4 Å². The molecule has 1 N–H and O–H groups in total. The maximum Gasteiger partial charge on any atom is 0.157 e. The van der Waals surface area contributed by atoms with Gasteiger partial charge in [-0.3, -0.25) is 9.97 Å². The van der Waals surface area contributed by atoms with Crippen LogP contribution in [0, 0.1) is 6.92 Å². The molecule has 0 amide bonds. The first-order valence-corrected chi connectivity index (χ1v) is 7.76. The van der Waals surface area contributed by atoms with Gasteiger partial charge < -0.3 is 4.98 Å². The van der Waals surface area contributed by atoms with Gasteiger partial charge in [0.15, 0.2) is 5.82 Å². The minimum Gasteiger partial charge on any atom is -0.336 e. The molecule has 5 aromatic rings. The van der Waals surface area contributed by atoms with Crippen LogP contribution in [0.4, 0.5) is 0 Å². The number of nitrogens with zero attached hydrogens (tertiary/aromatic N) is 4. The number of aromatic amines is 1. The zero-order valence-electron chi connectivity index (χ0n) is 13.0. The Labute approximate surface area is 137 Å². The third-order valence-electron chi connectivity index (χ3n) is 4.20. The van der Waals surface area contributed by atoms with Crippen LogP contribution in [0.2, 0.25) is 0 Å². The molecular formula is C19H13N5. The number of H-pyrrole nitrogens is 1. The molecule has 0 atom stereocenters. The number of nitrogens with one attached hydrogen (secondary N) is 1. The molecule has 4 heterocycles. The molecule has 0 unspecified atom stereocenters. The molecule has 0 aliphatic rings. The number of rotatable bonds is 1. The van der Waals surface area contributed by atoms with Crippen molar-refractivity contribution in [3.63, 3.8) is 0 Å². The van der Waals surface area contributed by atoms with Crippen LogP contribution in [0.15, 0.2) is 54.9 Å². The van der Waals surface area contributed by atoms with Crippen LogP contribution in [0.5, 0.6) is 0 Å². The van der Waals surface area contributed by atoms with E-state index in [1.54, 1.807) is 12.4 Å². The Bertz CT molecular complexity index is 1150. The lowest BCUT2D eigenvalue weighted by Gasteiger charge is -2.03. The van der Waals surface area contributed by atoms with E-state index in [1.807, 2.05) is 49.4 Å². The van der Waals surface area contributed by atoms with E-state index in [0.717, 1.165) is 50.1 Å². The van der Waals surface area contributed by atoms with E-state index in [2.05, 4.69) is 19.9 Å². The van der Waals surface area contributed by atoms with E-state index in [4.69, 9.17) is 4.98 Å². The van der Waals surface area contributed by atoms with Gasteiger partial charge in [-0.05, 0) is 43.3 Å². The molecule has 0 aliphatic carbocycles. The van der Waals surface area contributed by atoms with Crippen molar-refractivity contribution >= 4 is 32.8 Å². The third-order valence-corrected chi connectivity index (χ3v) is 4.20. The SMILES string of the molecule is Cc1cccc(-c2nc3c4cccnc4c4ncccc4c3[nH]2)n1. The third kappa shape index (κ3) is 1.81. The van der Waals surface area contributed by atoms with E-state index in [9.17, 15) is 0 Å². The first-order valence-electron chi connectivity index (χ1n) is 7.76. The second-order valence-electron chi connectivity index (χ2n) is 5.77. The molecule has 5 nitrogen and oxygen atoms in total. The van der Waals surface area contributed by atoms with Crippen molar-refractivity contribution in [2.45, 2.75) is 6.92 Å². The highest BCUT2D eigenvalue weighted by molar-refractivity contribution is 6.20. The van der Waals surface area contributed by atoms with Gasteiger partial charge in [0.05, 0.1) is 22.1 Å². The van der Waals surface area contributed by atoms with Crippen LogP contribution < -0.4 is 0 Å². The van der Waals surface area contributed by atoms with Crippen LogP contribution >= 0.6 is 0 Å². The van der Waals surface area contributed by atoms with Gasteiger partial charge in [0.25, 0.3) is 0 Å². The number of pyridine rings is 3. The summed E-state index contributed by atoms with van der Waals surface area (Å²) in [6.45, 7) is 1.98. The lowest BCUT2D eigenvalue weighted by molar-refractivity contribution is 1.17. The van der Waals surface area contributed by atoms with E-state index >= 15 is 0 Å². The van der Waals surface area contributed by atoms with Gasteiger partial charge >= 0.3 is 0 Å². The van der Waals surface area contributed by atoms with Gasteiger partial charge in [-0.15, -0.1) is 0 Å². The van der Waals surface area contributed by atoms with Crippen LogP contribution in [0.3, 0.4) is 0 Å². The minimum absolute atomic E-state index is 0.759. The van der Waals surface area contributed by atoms with Crippen molar-refractivity contribution < 1.29 is 0 Å². The Morgan fingerprint density at radius 3 is 2.29 bits per heavy atom. The predicted octanol–water partition coefficient (Wildman–Crippen LogP) is 4.03. The summed E-state index contributed by atoms with van der Waals surface area (Å²) in [7, 11) is 0. The maximum absolute atomic E-state index is 4.82. The summed E-state index contributed by atoms with van der Waals surface area (Å²) in [6, 6.07) is 13.9. The highest BCUT2D eigenvalue weighted by atomic mass is 15.0. The summed E-state index contributed by atoms with van der Waals surface area (Å²) in [5.74, 6) is 0.759. The molecule has 0 fully saturated rings. The van der Waals surface area contributed by atoms with Gasteiger partial charge in [0, 0.05) is 28.9 Å². The van der Waals surface area contributed by atoms with E-state index < -0.39 is 0 Å². The molecule has 114 valence electrons. The van der Waals surface area contributed by atoms with Crippen LogP contribution in [-0.2, 0) is 0 Å². The summed E-state index contributed by atoms with van der Waals surface area (Å²) < 4.78 is 0. The quantitative estimate of drug-likeness (QED) is 0.475. The van der Waals surface area contributed by atoms with Gasteiger partial charge in [-0.2, -0.15) is 0 Å². The van der Waals surface area contributed by atoms with Crippen molar-refractivity contribution in [2.75, 3.05) is 0 Å².